The van der Waals surface area contributed by atoms with Gasteiger partial charge in [0.05, 0.1) is 26.4 Å². The highest BCUT2D eigenvalue weighted by Gasteiger charge is 2.30. The fourth-order valence-corrected chi connectivity index (χ4v) is 14.5. The number of hydrogen-bond acceptors (Lipinski definition) is 15. The number of esters is 4. The summed E-state index contributed by atoms with van der Waals surface area (Å²) in [4.78, 5) is 73.1. The molecule has 0 amide bonds. The van der Waals surface area contributed by atoms with Gasteiger partial charge in [0.1, 0.15) is 19.3 Å². The van der Waals surface area contributed by atoms with Gasteiger partial charge in [-0.25, -0.2) is 9.13 Å². The van der Waals surface area contributed by atoms with Crippen LogP contribution < -0.4 is 0 Å². The zero-order valence-corrected chi connectivity index (χ0v) is 69.7. The van der Waals surface area contributed by atoms with E-state index in [2.05, 4.69) is 55.4 Å². The van der Waals surface area contributed by atoms with Crippen LogP contribution in [0.3, 0.4) is 0 Å². The highest BCUT2D eigenvalue weighted by Crippen LogP contribution is 2.45. The smallest absolute Gasteiger partial charge is 0.462 e. The van der Waals surface area contributed by atoms with Crippen LogP contribution in [0.4, 0.5) is 0 Å². The normalized spacial score (nSPS) is 14.5. The van der Waals surface area contributed by atoms with E-state index >= 15 is 0 Å². The maximum Gasteiger partial charge on any atom is 0.472 e. The minimum absolute atomic E-state index is 0.105. The molecule has 0 heterocycles. The highest BCUT2D eigenvalue weighted by molar-refractivity contribution is 7.47. The van der Waals surface area contributed by atoms with Crippen molar-refractivity contribution in [3.8, 4) is 0 Å². The van der Waals surface area contributed by atoms with Crippen molar-refractivity contribution in [2.24, 2.45) is 23.7 Å². The molecule has 0 radical (unpaired) electrons. The number of aliphatic hydroxyl groups excluding tert-OH is 1. The molecule has 0 aromatic heterocycles. The van der Waals surface area contributed by atoms with Gasteiger partial charge in [0, 0.05) is 25.7 Å². The average Bonchev–Trinajstić information content (AvgIpc) is 0.918. The third kappa shape index (κ3) is 75.3. The molecule has 0 aliphatic heterocycles. The van der Waals surface area contributed by atoms with Gasteiger partial charge in [-0.05, 0) is 49.4 Å². The molecular weight excluding hydrogens is 1340 g/mol. The van der Waals surface area contributed by atoms with Gasteiger partial charge in [0.15, 0.2) is 12.2 Å². The van der Waals surface area contributed by atoms with E-state index in [1.165, 1.54) is 231 Å². The summed E-state index contributed by atoms with van der Waals surface area (Å²) in [6, 6.07) is 0. The molecule has 4 unspecified atom stereocenters. The van der Waals surface area contributed by atoms with Gasteiger partial charge in [0.25, 0.3) is 0 Å². The molecule has 3 N–H and O–H groups in total. The molecule has 7 atom stereocenters. The van der Waals surface area contributed by atoms with Gasteiger partial charge >= 0.3 is 39.5 Å². The van der Waals surface area contributed by atoms with E-state index in [1.54, 1.807) is 0 Å². The van der Waals surface area contributed by atoms with Crippen LogP contribution in [0, 0.1) is 23.7 Å². The number of phosphoric ester groups is 2. The second kappa shape index (κ2) is 72.9. The molecule has 0 aliphatic rings. The van der Waals surface area contributed by atoms with Crippen LogP contribution in [-0.4, -0.2) is 96.7 Å². The number of carbonyl (C=O) groups is 4. The molecule has 0 rings (SSSR count). The van der Waals surface area contributed by atoms with E-state index in [9.17, 15) is 43.2 Å². The van der Waals surface area contributed by atoms with E-state index in [1.807, 2.05) is 0 Å². The molecule has 0 fully saturated rings. The third-order valence-corrected chi connectivity index (χ3v) is 22.2. The largest absolute Gasteiger partial charge is 0.472 e. The van der Waals surface area contributed by atoms with Crippen molar-refractivity contribution in [2.45, 2.75) is 453 Å². The molecule has 0 aromatic carbocycles. The standard InChI is InChI=1S/C84H164O17P2/c1-9-76(7)62-54-46-37-31-25-21-17-13-11-12-14-18-23-27-34-40-50-58-66-83(88)100-79(70-94-81(86)64-56-48-39-33-26-22-19-15-16-20-24-30-36-44-52-60-74(3)4)72-98-102(90,91)96-68-78(85)69-97-103(92,93)99-73-80(71-95-82(87)65-57-49-43-42-45-53-61-75(5)6)101-84(89)67-59-51-41-35-29-28-32-38-47-55-63-77(8)10-2/h74-80,85H,9-73H2,1-8H3,(H,90,91)(H,92,93)/t76?,77?,78-,79-,80-/m1/s1. The predicted octanol–water partition coefficient (Wildman–Crippen LogP) is 25.2. The quantitative estimate of drug-likeness (QED) is 0.0222. The predicted molar refractivity (Wildman–Crippen MR) is 423 cm³/mol. The summed E-state index contributed by atoms with van der Waals surface area (Å²) in [7, 11) is -9.92. The van der Waals surface area contributed by atoms with Crippen LogP contribution >= 0.6 is 15.6 Å². The zero-order chi connectivity index (χ0) is 76.0. The second-order valence-corrected chi connectivity index (χ2v) is 34.6. The molecule has 0 saturated carbocycles. The number of ether oxygens (including phenoxy) is 4. The third-order valence-electron chi connectivity index (χ3n) is 20.3. The van der Waals surface area contributed by atoms with Crippen LogP contribution in [0.2, 0.25) is 0 Å². The number of hydrogen-bond donors (Lipinski definition) is 3. The van der Waals surface area contributed by atoms with E-state index < -0.39 is 97.5 Å². The lowest BCUT2D eigenvalue weighted by Crippen LogP contribution is -2.30. The molecule has 0 aliphatic carbocycles. The van der Waals surface area contributed by atoms with Crippen LogP contribution in [0.5, 0.6) is 0 Å². The summed E-state index contributed by atoms with van der Waals surface area (Å²) >= 11 is 0. The monoisotopic (exact) mass is 1510 g/mol. The van der Waals surface area contributed by atoms with Gasteiger partial charge in [-0.3, -0.25) is 37.3 Å². The first-order valence-corrected chi connectivity index (χ1v) is 46.3. The van der Waals surface area contributed by atoms with Crippen LogP contribution in [0.1, 0.15) is 434 Å². The Morgan fingerprint density at radius 3 is 0.689 bits per heavy atom. The first kappa shape index (κ1) is 101. The number of phosphoric acid groups is 2. The Morgan fingerprint density at radius 2 is 0.466 bits per heavy atom. The number of aliphatic hydroxyl groups is 1. The van der Waals surface area contributed by atoms with Crippen molar-refractivity contribution in [3.05, 3.63) is 0 Å². The molecule has 0 saturated heterocycles. The molecule has 17 nitrogen and oxygen atoms in total. The summed E-state index contributed by atoms with van der Waals surface area (Å²) in [6.45, 7) is 14.3. The molecular formula is C84H164O17P2. The highest BCUT2D eigenvalue weighted by atomic mass is 31.2. The SMILES string of the molecule is CCC(C)CCCCCCCCCCCCCCCCCCCCC(=O)O[C@H](COC(=O)CCCCCCCCCCCCCCCCCC(C)C)COP(=O)(O)OC[C@@H](O)COP(=O)(O)OC[C@@H](COC(=O)CCCCCCCCC(C)C)OC(=O)CCCCCCCCCCCCC(C)CC. The topological polar surface area (TPSA) is 237 Å². The van der Waals surface area contributed by atoms with Crippen molar-refractivity contribution in [3.63, 3.8) is 0 Å². The fraction of sp³-hybridized carbons (Fsp3) is 0.952. The van der Waals surface area contributed by atoms with Crippen molar-refractivity contribution < 1.29 is 80.2 Å². The molecule has 0 bridgehead atoms. The van der Waals surface area contributed by atoms with Crippen molar-refractivity contribution in [2.75, 3.05) is 39.6 Å². The Balaban J connectivity index is 5.21. The molecule has 19 heteroatoms. The van der Waals surface area contributed by atoms with Crippen LogP contribution in [-0.2, 0) is 65.4 Å². The zero-order valence-electron chi connectivity index (χ0n) is 68.0. The Labute approximate surface area is 632 Å². The van der Waals surface area contributed by atoms with Gasteiger partial charge in [-0.2, -0.15) is 0 Å². The minimum Gasteiger partial charge on any atom is -0.462 e. The summed E-state index contributed by atoms with van der Waals surface area (Å²) in [5, 5.41) is 10.7. The van der Waals surface area contributed by atoms with E-state index in [0.717, 1.165) is 114 Å². The molecule has 0 aromatic rings. The van der Waals surface area contributed by atoms with Crippen molar-refractivity contribution in [1.29, 1.82) is 0 Å². The minimum atomic E-state index is -4.97. The maximum absolute atomic E-state index is 13.1. The lowest BCUT2D eigenvalue weighted by atomic mass is 9.99. The van der Waals surface area contributed by atoms with Gasteiger partial charge in [-0.15, -0.1) is 0 Å². The lowest BCUT2D eigenvalue weighted by Gasteiger charge is -2.21. The van der Waals surface area contributed by atoms with Crippen LogP contribution in [0.15, 0.2) is 0 Å². The Hall–Kier alpha value is -1.94. The number of carbonyl (C=O) groups excluding carboxylic acids is 4. The van der Waals surface area contributed by atoms with Gasteiger partial charge < -0.3 is 33.8 Å². The lowest BCUT2D eigenvalue weighted by molar-refractivity contribution is -0.161. The fourth-order valence-electron chi connectivity index (χ4n) is 12.9. The second-order valence-electron chi connectivity index (χ2n) is 31.7. The summed E-state index contributed by atoms with van der Waals surface area (Å²) in [5.41, 5.74) is 0. The number of unbranched alkanes of at least 4 members (excludes halogenated alkanes) is 45. The van der Waals surface area contributed by atoms with Crippen molar-refractivity contribution >= 4 is 39.5 Å². The summed E-state index contributed by atoms with van der Waals surface area (Å²) in [6.07, 6.45) is 61.2. The molecule has 0 spiro atoms. The van der Waals surface area contributed by atoms with Gasteiger partial charge in [0.2, 0.25) is 0 Å². The van der Waals surface area contributed by atoms with E-state index in [-0.39, 0.29) is 25.7 Å². The van der Waals surface area contributed by atoms with Gasteiger partial charge in [-0.1, -0.05) is 383 Å². The Kier molecular flexibility index (Phi) is 71.5. The first-order chi connectivity index (χ1) is 49.7. The van der Waals surface area contributed by atoms with E-state index in [4.69, 9.17) is 37.0 Å². The average molecular weight is 1510 g/mol. The number of rotatable bonds is 81. The van der Waals surface area contributed by atoms with Crippen LogP contribution in [0.25, 0.3) is 0 Å². The summed E-state index contributed by atoms with van der Waals surface area (Å²) in [5.74, 6) is 1.05. The molecule has 103 heavy (non-hydrogen) atoms. The van der Waals surface area contributed by atoms with Crippen molar-refractivity contribution in [1.82, 2.24) is 0 Å². The molecule has 612 valence electrons. The Bertz CT molecular complexity index is 2010. The Morgan fingerprint density at radius 1 is 0.272 bits per heavy atom. The summed E-state index contributed by atoms with van der Waals surface area (Å²) < 4.78 is 68.8. The maximum atomic E-state index is 13.1. The van der Waals surface area contributed by atoms with E-state index in [0.29, 0.717) is 31.6 Å². The first-order valence-electron chi connectivity index (χ1n) is 43.3.